The summed E-state index contributed by atoms with van der Waals surface area (Å²) >= 11 is 80.2. The van der Waals surface area contributed by atoms with Crippen LogP contribution in [0.2, 0.25) is 35.2 Å². The molecule has 12 nitrogen and oxygen atoms in total. The van der Waals surface area contributed by atoms with E-state index in [1.54, 1.807) is 78.9 Å². The van der Waals surface area contributed by atoms with Crippen LogP contribution in [0.5, 0.6) is 34.5 Å². The van der Waals surface area contributed by atoms with Gasteiger partial charge < -0.3 is 28.4 Å². The normalized spacial score (nSPS) is 11.1. The second-order valence-corrected chi connectivity index (χ2v) is 36.5. The lowest BCUT2D eigenvalue weighted by atomic mass is 9.99. The summed E-state index contributed by atoms with van der Waals surface area (Å²) < 4.78 is 35.9. The monoisotopic (exact) mass is 2060 g/mol. The molecule has 0 atom stereocenters. The third-order valence-electron chi connectivity index (χ3n) is 21.2. The Morgan fingerprint density at radius 3 is 0.798 bits per heavy atom. The third-order valence-corrected chi connectivity index (χ3v) is 25.9. The fourth-order valence-electron chi connectivity index (χ4n) is 13.7. The van der Waals surface area contributed by atoms with Gasteiger partial charge in [-0.25, -0.2) is 0 Å². The number of carbonyl (C=O) groups is 6. The molecule has 0 unspecified atom stereocenters. The number of rotatable bonds is 26. The van der Waals surface area contributed by atoms with E-state index in [1.165, 1.54) is 5.56 Å². The molecule has 0 N–H and O–H groups in total. The molecule has 1 aliphatic carbocycles. The first-order valence-electron chi connectivity index (χ1n) is 40.5. The number of benzene rings is 12. The van der Waals surface area contributed by atoms with Crippen LogP contribution >= 0.6 is 167 Å². The van der Waals surface area contributed by atoms with Crippen LogP contribution in [0.25, 0.3) is 0 Å². The number of hydrogen-bond donors (Lipinski definition) is 0. The lowest BCUT2D eigenvalue weighted by Gasteiger charge is -2.15. The SMILES string of the molecule is CCc1cccc(C(=O)Cl)c1COc1cc(Cl)c(C)cc1C.Cc1cc(C)c(OCc2c(Br)cccc2C(=O)Cl)cc1Cl.Cc1cc(C)c(OCc2c(C(=O)Cl)cccc2C2CC2)cc1Cl.Cc1cc(C)c(OCc2c(C)cccc2C(=O)Cl)cc1Cl.Cc1cc(C)c(OCc2c(C)cccc2C(=O)Cl)cc1Cl.Cc1cc(C)c(OCc2c(Cl)cccc2C(=O)Cl)cc1Cl. The van der Waals surface area contributed by atoms with E-state index in [1.807, 2.05) is 201 Å². The van der Waals surface area contributed by atoms with Crippen LogP contribution in [0.15, 0.2) is 186 Å². The van der Waals surface area contributed by atoms with E-state index in [0.29, 0.717) is 115 Å². The Kier molecular flexibility index (Phi) is 41.1. The molecular formula is C103H94BrCl13O12. The Morgan fingerprint density at radius 2 is 0.496 bits per heavy atom. The van der Waals surface area contributed by atoms with Crippen molar-refractivity contribution in [2.45, 2.75) is 169 Å². The first kappa shape index (κ1) is 106. The van der Waals surface area contributed by atoms with Crippen LogP contribution in [0, 0.1) is 96.9 Å². The summed E-state index contributed by atoms with van der Waals surface area (Å²) in [4.78, 5) is 69.2. The van der Waals surface area contributed by atoms with Crippen molar-refractivity contribution in [1.29, 1.82) is 0 Å². The van der Waals surface area contributed by atoms with Gasteiger partial charge in [-0.3, -0.25) is 28.8 Å². The van der Waals surface area contributed by atoms with Crippen LogP contribution in [0.1, 0.15) is 210 Å². The van der Waals surface area contributed by atoms with Crippen molar-refractivity contribution < 1.29 is 57.2 Å². The maximum Gasteiger partial charge on any atom is 0.252 e. The van der Waals surface area contributed by atoms with Crippen molar-refractivity contribution in [2.75, 3.05) is 0 Å². The Hall–Kier alpha value is -8.29. The molecule has 1 fully saturated rings. The van der Waals surface area contributed by atoms with Gasteiger partial charge in [0.05, 0.1) is 0 Å². The molecule has 676 valence electrons. The minimum absolute atomic E-state index is 0.147. The predicted molar refractivity (Wildman–Crippen MR) is 535 cm³/mol. The molecule has 0 radical (unpaired) electrons. The lowest BCUT2D eigenvalue weighted by molar-refractivity contribution is 0.107. The Labute approximate surface area is 828 Å². The average molecular weight is 2060 g/mol. The van der Waals surface area contributed by atoms with Crippen molar-refractivity contribution in [3.63, 3.8) is 0 Å². The summed E-state index contributed by atoms with van der Waals surface area (Å²) in [5.41, 5.74) is 23.6. The van der Waals surface area contributed by atoms with Crippen molar-refractivity contribution in [3.05, 3.63) is 377 Å². The topological polar surface area (TPSA) is 158 Å². The largest absolute Gasteiger partial charge is 0.489 e. The zero-order valence-electron chi connectivity index (χ0n) is 73.5. The van der Waals surface area contributed by atoms with Crippen LogP contribution in [0.4, 0.5) is 0 Å². The second-order valence-electron chi connectivity index (χ2n) is 30.8. The van der Waals surface area contributed by atoms with E-state index < -0.39 is 31.5 Å². The highest BCUT2D eigenvalue weighted by Gasteiger charge is 2.29. The Morgan fingerprint density at radius 1 is 0.264 bits per heavy atom. The van der Waals surface area contributed by atoms with E-state index in [9.17, 15) is 28.8 Å². The van der Waals surface area contributed by atoms with Crippen molar-refractivity contribution in [1.82, 2.24) is 0 Å². The standard InChI is InChI=1S/C19H18Cl2O2.C18H18Cl2O2.2C17H16Cl2O2.C16H13BrCl2O2.C16H13Cl3O2/c1-11-8-12(2)18(9-17(11)20)23-10-16-14(13-6-7-13)4-3-5-15(16)19(21)22;1-4-13-6-5-7-14(18(20)21)15(13)10-22-17-9-16(19)11(2)8-12(17)3;2*1-10-5-4-6-13(17(19)20)14(10)9-21-16-8-15(18)11(2)7-12(16)3;2*1-9-6-10(2)15(7-14(9)18)21-8-12-11(16(19)20)4-3-5-13(12)17/h3-5,8-9,13H,6-7,10H2,1-2H3;5-9H,4,10H2,1-3H3;2*4-8H,9H2,1-3H3;2*3-7H,8H2,1-2H3. The number of halogens is 14. The molecule has 12 aromatic carbocycles. The third kappa shape index (κ3) is 30.1. The minimum Gasteiger partial charge on any atom is -0.489 e. The van der Waals surface area contributed by atoms with E-state index >= 15 is 0 Å². The van der Waals surface area contributed by atoms with Gasteiger partial charge in [-0.2, -0.15) is 0 Å². The van der Waals surface area contributed by atoms with E-state index in [0.717, 1.165) is 141 Å². The molecule has 0 heterocycles. The van der Waals surface area contributed by atoms with Gasteiger partial charge in [0.25, 0.3) is 31.5 Å². The maximum atomic E-state index is 11.7. The molecule has 12 aromatic rings. The molecule has 0 amide bonds. The molecule has 0 spiro atoms. The average Bonchev–Trinajstić information content (AvgIpc) is 1.67. The lowest BCUT2D eigenvalue weighted by Crippen LogP contribution is -2.07. The summed E-state index contributed by atoms with van der Waals surface area (Å²) in [7, 11) is 0. The fraction of sp³-hybridized carbons (Fsp3) is 0.243. The van der Waals surface area contributed by atoms with E-state index in [2.05, 4.69) is 22.0 Å². The van der Waals surface area contributed by atoms with Crippen molar-refractivity contribution >= 4 is 198 Å². The number of ether oxygens (including phenoxy) is 6. The van der Waals surface area contributed by atoms with Gasteiger partial charge in [0, 0.05) is 106 Å². The van der Waals surface area contributed by atoms with Crippen LogP contribution < -0.4 is 28.4 Å². The second kappa shape index (κ2) is 50.0. The zero-order chi connectivity index (χ0) is 95.1. The quantitative estimate of drug-likeness (QED) is 0.0473. The highest BCUT2D eigenvalue weighted by Crippen LogP contribution is 2.44. The molecule has 0 aliphatic heterocycles. The van der Waals surface area contributed by atoms with E-state index in [-0.39, 0.29) is 33.0 Å². The maximum absolute atomic E-state index is 11.7. The predicted octanol–water partition coefficient (Wildman–Crippen LogP) is 33.0. The summed E-state index contributed by atoms with van der Waals surface area (Å²) in [5.74, 6) is 4.73. The summed E-state index contributed by atoms with van der Waals surface area (Å²) in [6.45, 7) is 30.9. The molecule has 1 saturated carbocycles. The fourth-order valence-corrected chi connectivity index (χ4v) is 16.4. The van der Waals surface area contributed by atoms with Crippen LogP contribution in [0.3, 0.4) is 0 Å². The van der Waals surface area contributed by atoms with Crippen molar-refractivity contribution in [2.24, 2.45) is 0 Å². The highest BCUT2D eigenvalue weighted by molar-refractivity contribution is 9.10. The van der Waals surface area contributed by atoms with Crippen LogP contribution in [-0.4, -0.2) is 31.5 Å². The van der Waals surface area contributed by atoms with Gasteiger partial charge in [-0.05, 0) is 366 Å². The first-order valence-corrected chi connectivity index (χ1v) is 46.2. The van der Waals surface area contributed by atoms with Gasteiger partial charge >= 0.3 is 0 Å². The molecule has 0 aromatic heterocycles. The van der Waals surface area contributed by atoms with Gasteiger partial charge in [-0.1, -0.05) is 201 Å². The molecular weight excluding hydrogens is 1970 g/mol. The zero-order valence-corrected chi connectivity index (χ0v) is 84.9. The van der Waals surface area contributed by atoms with Gasteiger partial charge in [0.15, 0.2) is 0 Å². The number of carbonyl (C=O) groups excluding carboxylic acids is 6. The van der Waals surface area contributed by atoms with Gasteiger partial charge in [0.2, 0.25) is 0 Å². The minimum atomic E-state index is -0.560. The Bertz CT molecular complexity index is 5680. The summed E-state index contributed by atoms with van der Waals surface area (Å²) in [6.07, 6.45) is 3.12. The first-order chi connectivity index (χ1) is 61.0. The molecule has 0 bridgehead atoms. The van der Waals surface area contributed by atoms with E-state index in [4.69, 9.17) is 179 Å². The molecule has 129 heavy (non-hydrogen) atoms. The number of aryl methyl sites for hydroxylation is 15. The van der Waals surface area contributed by atoms with Gasteiger partial charge in [0.1, 0.15) is 74.1 Å². The van der Waals surface area contributed by atoms with Crippen molar-refractivity contribution in [3.8, 4) is 34.5 Å². The summed E-state index contributed by atoms with van der Waals surface area (Å²) in [5, 5.41) is 1.46. The highest BCUT2D eigenvalue weighted by atomic mass is 79.9. The molecule has 0 saturated heterocycles. The smallest absolute Gasteiger partial charge is 0.252 e. The Balaban J connectivity index is 0.000000191. The van der Waals surface area contributed by atoms with Gasteiger partial charge in [-0.15, -0.1) is 0 Å². The summed E-state index contributed by atoms with van der Waals surface area (Å²) in [6, 6.07) is 55.0. The molecule has 1 aliphatic rings. The number of hydrogen-bond acceptors (Lipinski definition) is 12. The van der Waals surface area contributed by atoms with Crippen LogP contribution in [-0.2, 0) is 46.1 Å². The molecule has 13 rings (SSSR count). The molecule has 26 heteroatoms.